The Bertz CT molecular complexity index is 911. The van der Waals surface area contributed by atoms with Crippen LogP contribution in [0.5, 0.6) is 5.75 Å². The van der Waals surface area contributed by atoms with Crippen molar-refractivity contribution >= 4 is 16.0 Å². The highest BCUT2D eigenvalue weighted by Gasteiger charge is 2.31. The minimum absolute atomic E-state index is 0.0574. The molecule has 1 saturated heterocycles. The molecule has 30 heavy (non-hydrogen) atoms. The van der Waals surface area contributed by atoms with Gasteiger partial charge in [-0.2, -0.15) is 4.31 Å². The first-order valence-corrected chi connectivity index (χ1v) is 11.9. The van der Waals surface area contributed by atoms with E-state index in [4.69, 9.17) is 9.15 Å². The lowest BCUT2D eigenvalue weighted by Crippen LogP contribution is -2.46. The molecule has 0 unspecified atom stereocenters. The average molecular weight is 435 g/mol. The fraction of sp³-hybridized carbons (Fsp3) is 0.476. The van der Waals surface area contributed by atoms with Gasteiger partial charge in [0.15, 0.2) is 5.96 Å². The van der Waals surface area contributed by atoms with Crippen LogP contribution in [0.2, 0.25) is 0 Å². The van der Waals surface area contributed by atoms with Crippen molar-refractivity contribution in [2.24, 2.45) is 4.99 Å². The smallest absolute Gasteiger partial charge is 0.211 e. The van der Waals surface area contributed by atoms with Crippen LogP contribution in [-0.4, -0.2) is 57.7 Å². The number of furan rings is 1. The molecule has 0 amide bonds. The average Bonchev–Trinajstić information content (AvgIpc) is 3.41. The molecule has 1 atom stereocenters. The van der Waals surface area contributed by atoms with Gasteiger partial charge in [-0.25, -0.2) is 13.4 Å². The number of methoxy groups -OCH3 is 1. The maximum atomic E-state index is 12.0. The summed E-state index contributed by atoms with van der Waals surface area (Å²) in [5, 5.41) is 6.63. The number of hydrogen-bond acceptors (Lipinski definition) is 5. The van der Waals surface area contributed by atoms with Crippen molar-refractivity contribution in [3.05, 3.63) is 54.0 Å². The number of sulfonamides is 1. The first-order valence-electron chi connectivity index (χ1n) is 10.1. The molecule has 2 aromatic rings. The largest absolute Gasteiger partial charge is 0.497 e. The summed E-state index contributed by atoms with van der Waals surface area (Å²) in [6.45, 7) is 2.25. The second kappa shape index (κ2) is 10.5. The molecule has 3 rings (SSSR count). The van der Waals surface area contributed by atoms with E-state index in [1.165, 1.54) is 6.26 Å². The van der Waals surface area contributed by atoms with Gasteiger partial charge < -0.3 is 19.8 Å². The minimum Gasteiger partial charge on any atom is -0.497 e. The first-order chi connectivity index (χ1) is 14.5. The van der Waals surface area contributed by atoms with Crippen LogP contribution in [0, 0.1) is 0 Å². The van der Waals surface area contributed by atoms with E-state index in [2.05, 4.69) is 15.6 Å². The van der Waals surface area contributed by atoms with E-state index in [0.29, 0.717) is 32.1 Å². The van der Waals surface area contributed by atoms with Crippen molar-refractivity contribution in [3.8, 4) is 5.75 Å². The summed E-state index contributed by atoms with van der Waals surface area (Å²) in [4.78, 5) is 4.67. The zero-order valence-electron chi connectivity index (χ0n) is 17.5. The van der Waals surface area contributed by atoms with Crippen LogP contribution in [-0.2, 0) is 23.0 Å². The van der Waals surface area contributed by atoms with Crippen LogP contribution < -0.4 is 15.4 Å². The molecule has 8 nitrogen and oxygen atoms in total. The molecule has 164 valence electrons. The fourth-order valence-corrected chi connectivity index (χ4v) is 4.68. The molecule has 9 heteroatoms. The molecule has 1 aromatic heterocycles. The SMILES string of the molecule is COc1ccc(CN=C(NCCc2ccco2)NC[C@H]2CCCN2S(C)(=O)=O)cc1. The Morgan fingerprint density at radius 3 is 2.73 bits per heavy atom. The highest BCUT2D eigenvalue weighted by atomic mass is 32.2. The molecular formula is C21H30N4O4S. The van der Waals surface area contributed by atoms with Crippen molar-refractivity contribution in [1.29, 1.82) is 0 Å². The Morgan fingerprint density at radius 1 is 1.27 bits per heavy atom. The Balaban J connectivity index is 1.61. The third-order valence-electron chi connectivity index (χ3n) is 5.08. The lowest BCUT2D eigenvalue weighted by Gasteiger charge is -2.23. The van der Waals surface area contributed by atoms with E-state index in [0.717, 1.165) is 36.3 Å². The van der Waals surface area contributed by atoms with Gasteiger partial charge in [0.1, 0.15) is 11.5 Å². The molecule has 2 heterocycles. The van der Waals surface area contributed by atoms with Crippen LogP contribution in [0.4, 0.5) is 0 Å². The van der Waals surface area contributed by atoms with E-state index in [-0.39, 0.29) is 6.04 Å². The molecule has 1 aliphatic heterocycles. The second-order valence-corrected chi connectivity index (χ2v) is 9.25. The van der Waals surface area contributed by atoms with E-state index in [1.54, 1.807) is 17.7 Å². The predicted molar refractivity (Wildman–Crippen MR) is 117 cm³/mol. The molecule has 0 radical (unpaired) electrons. The third-order valence-corrected chi connectivity index (χ3v) is 6.41. The fourth-order valence-electron chi connectivity index (χ4n) is 3.50. The quantitative estimate of drug-likeness (QED) is 0.463. The maximum absolute atomic E-state index is 12.0. The molecular weight excluding hydrogens is 404 g/mol. The number of hydrogen-bond donors (Lipinski definition) is 2. The Labute approximate surface area is 178 Å². The van der Waals surface area contributed by atoms with E-state index in [1.807, 2.05) is 36.4 Å². The summed E-state index contributed by atoms with van der Waals surface area (Å²) in [6, 6.07) is 11.5. The Hall–Kier alpha value is -2.52. The summed E-state index contributed by atoms with van der Waals surface area (Å²) in [5.74, 6) is 2.36. The van der Waals surface area contributed by atoms with Crippen molar-refractivity contribution in [2.75, 3.05) is 33.0 Å². The zero-order valence-corrected chi connectivity index (χ0v) is 18.3. The standard InChI is InChI=1S/C21H30N4O4S/c1-28-19-9-7-17(8-10-19)15-23-21(22-12-11-20-6-4-14-29-20)24-16-18-5-3-13-25(18)30(2,26)27/h4,6-10,14,18H,3,5,11-13,15-16H2,1-2H3,(H2,22,23,24)/t18-/m1/s1. The number of rotatable bonds is 9. The molecule has 1 aliphatic rings. The lowest BCUT2D eigenvalue weighted by atomic mass is 10.2. The van der Waals surface area contributed by atoms with Crippen molar-refractivity contribution in [2.45, 2.75) is 31.8 Å². The van der Waals surface area contributed by atoms with Gasteiger partial charge in [0.05, 0.1) is 26.2 Å². The summed E-state index contributed by atoms with van der Waals surface area (Å²) < 4.78 is 36.1. The minimum atomic E-state index is -3.20. The summed E-state index contributed by atoms with van der Waals surface area (Å²) >= 11 is 0. The zero-order chi connectivity index (χ0) is 21.4. The van der Waals surface area contributed by atoms with E-state index >= 15 is 0 Å². The Kier molecular flexibility index (Phi) is 7.75. The summed E-state index contributed by atoms with van der Waals surface area (Å²) in [6.07, 6.45) is 5.38. The van der Waals surface area contributed by atoms with Gasteiger partial charge in [-0.15, -0.1) is 0 Å². The number of benzene rings is 1. The van der Waals surface area contributed by atoms with Gasteiger partial charge in [-0.3, -0.25) is 0 Å². The van der Waals surface area contributed by atoms with E-state index < -0.39 is 10.0 Å². The lowest BCUT2D eigenvalue weighted by molar-refractivity contribution is 0.387. The van der Waals surface area contributed by atoms with Gasteiger partial charge in [0.2, 0.25) is 10.0 Å². The third kappa shape index (κ3) is 6.50. The highest BCUT2D eigenvalue weighted by molar-refractivity contribution is 7.88. The Morgan fingerprint density at radius 2 is 2.07 bits per heavy atom. The van der Waals surface area contributed by atoms with Crippen molar-refractivity contribution < 1.29 is 17.6 Å². The molecule has 0 saturated carbocycles. The monoisotopic (exact) mass is 434 g/mol. The topological polar surface area (TPSA) is 96.2 Å². The number of ether oxygens (including phenoxy) is 1. The highest BCUT2D eigenvalue weighted by Crippen LogP contribution is 2.19. The van der Waals surface area contributed by atoms with Crippen molar-refractivity contribution in [3.63, 3.8) is 0 Å². The van der Waals surface area contributed by atoms with Gasteiger partial charge >= 0.3 is 0 Å². The van der Waals surface area contributed by atoms with Gasteiger partial charge in [-0.05, 0) is 42.7 Å². The molecule has 0 bridgehead atoms. The first kappa shape index (κ1) is 22.2. The van der Waals surface area contributed by atoms with E-state index in [9.17, 15) is 8.42 Å². The second-order valence-electron chi connectivity index (χ2n) is 7.32. The maximum Gasteiger partial charge on any atom is 0.211 e. The summed E-state index contributed by atoms with van der Waals surface area (Å²) in [7, 11) is -1.56. The number of nitrogens with zero attached hydrogens (tertiary/aromatic N) is 2. The molecule has 0 aliphatic carbocycles. The summed E-state index contributed by atoms with van der Waals surface area (Å²) in [5.41, 5.74) is 1.06. The molecule has 1 fully saturated rings. The van der Waals surface area contributed by atoms with Crippen molar-refractivity contribution in [1.82, 2.24) is 14.9 Å². The van der Waals surface area contributed by atoms with Crippen LogP contribution in [0.1, 0.15) is 24.2 Å². The van der Waals surface area contributed by atoms with Crippen LogP contribution in [0.25, 0.3) is 0 Å². The van der Waals surface area contributed by atoms with Gasteiger partial charge in [0.25, 0.3) is 0 Å². The molecule has 1 aromatic carbocycles. The van der Waals surface area contributed by atoms with Crippen LogP contribution in [0.3, 0.4) is 0 Å². The molecule has 2 N–H and O–H groups in total. The normalized spacial score (nSPS) is 17.8. The van der Waals surface area contributed by atoms with Crippen LogP contribution in [0.15, 0.2) is 52.1 Å². The van der Waals surface area contributed by atoms with Gasteiger partial charge in [-0.1, -0.05) is 12.1 Å². The van der Waals surface area contributed by atoms with Gasteiger partial charge in [0, 0.05) is 32.1 Å². The van der Waals surface area contributed by atoms with Crippen LogP contribution >= 0.6 is 0 Å². The number of guanidine groups is 1. The number of aliphatic imine (C=N–C) groups is 1. The predicted octanol–water partition coefficient (Wildman–Crippen LogP) is 1.99. The molecule has 0 spiro atoms. The number of nitrogens with one attached hydrogen (secondary N) is 2.